The van der Waals surface area contributed by atoms with Crippen LogP contribution in [0.5, 0.6) is 0 Å². The molecule has 1 aromatic heterocycles. The molecule has 1 atom stereocenters. The second-order valence-corrected chi connectivity index (χ2v) is 3.24. The highest BCUT2D eigenvalue weighted by Crippen LogP contribution is 2.34. The molecule has 1 N–H and O–H groups in total. The van der Waals surface area contributed by atoms with Gasteiger partial charge in [0, 0.05) is 6.20 Å². The van der Waals surface area contributed by atoms with Crippen LogP contribution in [-0.4, -0.2) is 28.7 Å². The lowest BCUT2D eigenvalue weighted by Gasteiger charge is -2.07. The number of hydrogen-bond acceptors (Lipinski definition) is 5. The summed E-state index contributed by atoms with van der Waals surface area (Å²) in [5.74, 6) is -2.57. The van der Waals surface area contributed by atoms with Crippen molar-refractivity contribution in [1.82, 2.24) is 4.98 Å². The Morgan fingerprint density at radius 1 is 1.69 bits per heavy atom. The predicted molar refractivity (Wildman–Crippen MR) is 52.9 cm³/mol. The lowest BCUT2D eigenvalue weighted by Crippen LogP contribution is -2.29. The van der Waals surface area contributed by atoms with Gasteiger partial charge in [0.25, 0.3) is 5.91 Å². The molecule has 2 rings (SSSR count). The van der Waals surface area contributed by atoms with E-state index in [0.717, 1.165) is 0 Å². The van der Waals surface area contributed by atoms with Crippen molar-refractivity contribution in [1.29, 1.82) is 0 Å². The molecule has 0 aliphatic carbocycles. The second-order valence-electron chi connectivity index (χ2n) is 3.24. The van der Waals surface area contributed by atoms with E-state index in [0.29, 0.717) is 5.06 Å². The molecule has 1 amide bonds. The average molecular weight is 222 g/mol. The molecule has 0 saturated heterocycles. The number of aromatic nitrogens is 1. The Bertz CT molecular complexity index is 446. The Balaban J connectivity index is 2.41. The number of anilines is 1. The van der Waals surface area contributed by atoms with Crippen LogP contribution in [0, 0.1) is 0 Å². The van der Waals surface area contributed by atoms with Gasteiger partial charge in [0.05, 0.1) is 18.0 Å². The van der Waals surface area contributed by atoms with Crippen molar-refractivity contribution in [3.05, 3.63) is 24.0 Å². The maximum Gasteiger partial charge on any atom is 0.324 e. The third-order valence-corrected chi connectivity index (χ3v) is 2.30. The van der Waals surface area contributed by atoms with Crippen molar-refractivity contribution in [2.75, 3.05) is 11.7 Å². The summed E-state index contributed by atoms with van der Waals surface area (Å²) < 4.78 is 4.76. The molecule has 1 aliphatic rings. The quantitative estimate of drug-likeness (QED) is 0.447. The summed E-state index contributed by atoms with van der Waals surface area (Å²) in [6.07, 6.45) is 1.46. The average Bonchev–Trinajstić information content (AvgIpc) is 2.53. The Morgan fingerprint density at radius 3 is 3.12 bits per heavy atom. The number of ether oxygens (including phenoxy) is 1. The van der Waals surface area contributed by atoms with Gasteiger partial charge < -0.3 is 4.74 Å². The van der Waals surface area contributed by atoms with E-state index in [2.05, 4.69) is 4.98 Å². The van der Waals surface area contributed by atoms with Gasteiger partial charge >= 0.3 is 5.97 Å². The third kappa shape index (κ3) is 1.43. The number of esters is 1. The molecule has 1 aromatic rings. The molecule has 6 nitrogen and oxygen atoms in total. The highest BCUT2D eigenvalue weighted by Gasteiger charge is 2.43. The van der Waals surface area contributed by atoms with Gasteiger partial charge in [-0.25, -0.2) is 0 Å². The fourth-order valence-electron chi connectivity index (χ4n) is 1.61. The van der Waals surface area contributed by atoms with Gasteiger partial charge in [-0.3, -0.25) is 19.8 Å². The maximum atomic E-state index is 11.6. The molecule has 0 radical (unpaired) electrons. The van der Waals surface area contributed by atoms with Crippen molar-refractivity contribution < 1.29 is 19.5 Å². The number of hydroxylamine groups is 1. The summed E-state index contributed by atoms with van der Waals surface area (Å²) >= 11 is 0. The van der Waals surface area contributed by atoms with E-state index in [1.165, 1.54) is 12.3 Å². The van der Waals surface area contributed by atoms with E-state index in [1.807, 2.05) is 0 Å². The van der Waals surface area contributed by atoms with Crippen LogP contribution in [0.3, 0.4) is 0 Å². The molecular weight excluding hydrogens is 212 g/mol. The molecule has 84 valence electrons. The first kappa shape index (κ1) is 10.6. The maximum absolute atomic E-state index is 11.6. The lowest BCUT2D eigenvalue weighted by atomic mass is 10.1. The molecule has 16 heavy (non-hydrogen) atoms. The summed E-state index contributed by atoms with van der Waals surface area (Å²) in [4.78, 5) is 27.1. The number of carbonyl (C=O) groups is 2. The van der Waals surface area contributed by atoms with Gasteiger partial charge in [0.15, 0.2) is 5.92 Å². The SMILES string of the molecule is CCOC(=O)[C@H]1C(=O)N(O)c2cccnc21. The Labute approximate surface area is 91.4 Å². The Kier molecular flexibility index (Phi) is 2.57. The van der Waals surface area contributed by atoms with Crippen molar-refractivity contribution in [3.8, 4) is 0 Å². The smallest absolute Gasteiger partial charge is 0.324 e. The Morgan fingerprint density at radius 2 is 2.44 bits per heavy atom. The molecule has 2 heterocycles. The van der Waals surface area contributed by atoms with Gasteiger partial charge in [-0.1, -0.05) is 0 Å². The van der Waals surface area contributed by atoms with Crippen LogP contribution in [0.15, 0.2) is 18.3 Å². The molecule has 1 aliphatic heterocycles. The van der Waals surface area contributed by atoms with E-state index < -0.39 is 17.8 Å². The molecule has 0 unspecified atom stereocenters. The fourth-order valence-corrected chi connectivity index (χ4v) is 1.61. The van der Waals surface area contributed by atoms with Crippen LogP contribution in [0.25, 0.3) is 0 Å². The lowest BCUT2D eigenvalue weighted by molar-refractivity contribution is -0.148. The van der Waals surface area contributed by atoms with Gasteiger partial charge in [-0.05, 0) is 19.1 Å². The summed E-state index contributed by atoms with van der Waals surface area (Å²) in [5, 5.41) is 9.91. The number of rotatable bonds is 2. The summed E-state index contributed by atoms with van der Waals surface area (Å²) in [6, 6.07) is 3.09. The summed E-state index contributed by atoms with van der Waals surface area (Å²) in [5.41, 5.74) is 0.457. The Hall–Kier alpha value is -1.95. The normalized spacial score (nSPS) is 18.5. The van der Waals surface area contributed by atoms with Crippen molar-refractivity contribution in [2.24, 2.45) is 0 Å². The van der Waals surface area contributed by atoms with Gasteiger partial charge in [0.2, 0.25) is 0 Å². The van der Waals surface area contributed by atoms with Gasteiger partial charge in [-0.15, -0.1) is 0 Å². The molecule has 0 aromatic carbocycles. The number of hydrogen-bond donors (Lipinski definition) is 1. The van der Waals surface area contributed by atoms with Gasteiger partial charge in [-0.2, -0.15) is 5.06 Å². The van der Waals surface area contributed by atoms with E-state index in [4.69, 9.17) is 4.74 Å². The van der Waals surface area contributed by atoms with Crippen molar-refractivity contribution in [2.45, 2.75) is 12.8 Å². The van der Waals surface area contributed by atoms with E-state index in [9.17, 15) is 14.8 Å². The minimum Gasteiger partial charge on any atom is -0.465 e. The predicted octanol–water partition coefficient (Wildman–Crippen LogP) is 0.464. The molecule has 6 heteroatoms. The monoisotopic (exact) mass is 222 g/mol. The summed E-state index contributed by atoms with van der Waals surface area (Å²) in [6.45, 7) is 1.82. The minimum atomic E-state index is -1.15. The highest BCUT2D eigenvalue weighted by atomic mass is 16.5. The fraction of sp³-hybridized carbons (Fsp3) is 0.300. The number of fused-ring (bicyclic) bond motifs is 1. The molecule has 0 fully saturated rings. The molecule has 0 saturated carbocycles. The zero-order valence-corrected chi connectivity index (χ0v) is 8.58. The molecular formula is C10H10N2O4. The van der Waals surface area contributed by atoms with Crippen molar-refractivity contribution >= 4 is 17.6 Å². The van der Waals surface area contributed by atoms with Crippen LogP contribution in [0.4, 0.5) is 5.69 Å². The minimum absolute atomic E-state index is 0.177. The first-order valence-electron chi connectivity index (χ1n) is 4.81. The highest BCUT2D eigenvalue weighted by molar-refractivity contribution is 6.14. The zero-order chi connectivity index (χ0) is 11.7. The van der Waals surface area contributed by atoms with Gasteiger partial charge in [0.1, 0.15) is 0 Å². The molecule has 0 bridgehead atoms. The first-order chi connectivity index (χ1) is 7.66. The number of pyridine rings is 1. The van der Waals surface area contributed by atoms with Crippen LogP contribution < -0.4 is 5.06 Å². The first-order valence-corrected chi connectivity index (χ1v) is 4.81. The van der Waals surface area contributed by atoms with E-state index in [1.54, 1.807) is 13.0 Å². The summed E-state index contributed by atoms with van der Waals surface area (Å²) in [7, 11) is 0. The van der Waals surface area contributed by atoms with Crippen LogP contribution in [0.1, 0.15) is 18.5 Å². The number of carbonyl (C=O) groups excluding carboxylic acids is 2. The zero-order valence-electron chi connectivity index (χ0n) is 8.58. The van der Waals surface area contributed by atoms with Crippen LogP contribution in [-0.2, 0) is 14.3 Å². The van der Waals surface area contributed by atoms with Crippen LogP contribution in [0.2, 0.25) is 0 Å². The topological polar surface area (TPSA) is 79.7 Å². The standard InChI is InChI=1S/C10H10N2O4/c1-2-16-10(14)7-8-6(4-3-5-11-8)12(15)9(7)13/h3-5,7,15H,2H2,1H3/t7-/m1/s1. The number of amides is 1. The van der Waals surface area contributed by atoms with Crippen LogP contribution >= 0.6 is 0 Å². The third-order valence-electron chi connectivity index (χ3n) is 2.30. The molecule has 0 spiro atoms. The van der Waals surface area contributed by atoms with Crippen molar-refractivity contribution in [3.63, 3.8) is 0 Å². The number of nitrogens with zero attached hydrogens (tertiary/aromatic N) is 2. The van der Waals surface area contributed by atoms with E-state index in [-0.39, 0.29) is 18.0 Å². The van der Waals surface area contributed by atoms with E-state index >= 15 is 0 Å². The second kappa shape index (κ2) is 3.90. The largest absolute Gasteiger partial charge is 0.465 e.